The predicted molar refractivity (Wildman–Crippen MR) is 138 cm³/mol. The highest BCUT2D eigenvalue weighted by atomic mass is 16.5. The van der Waals surface area contributed by atoms with Crippen molar-refractivity contribution in [2.45, 2.75) is 47.0 Å². The van der Waals surface area contributed by atoms with Crippen LogP contribution in [0.1, 0.15) is 56.0 Å². The molecule has 0 atom stereocenters. The van der Waals surface area contributed by atoms with Crippen LogP contribution in [0.25, 0.3) is 11.0 Å². The molecule has 1 saturated heterocycles. The lowest BCUT2D eigenvalue weighted by Crippen LogP contribution is -2.37. The predicted octanol–water partition coefficient (Wildman–Crippen LogP) is 6.06. The van der Waals surface area contributed by atoms with Crippen molar-refractivity contribution in [1.29, 1.82) is 0 Å². The average Bonchev–Trinajstić information content (AvgIpc) is 2.82. The molecule has 1 aromatic heterocycles. The Kier molecular flexibility index (Phi) is 6.69. The second kappa shape index (κ2) is 9.53. The van der Waals surface area contributed by atoms with Gasteiger partial charge in [0, 0.05) is 25.7 Å². The van der Waals surface area contributed by atoms with E-state index in [1.54, 1.807) is 12.1 Å². The van der Waals surface area contributed by atoms with Gasteiger partial charge in [0.25, 0.3) is 0 Å². The number of benzene rings is 2. The molecule has 180 valence electrons. The summed E-state index contributed by atoms with van der Waals surface area (Å²) in [5, 5.41) is 0.549. The first-order chi connectivity index (χ1) is 16.2. The van der Waals surface area contributed by atoms with Crippen LogP contribution in [0, 0.1) is 12.3 Å². The molecule has 4 rings (SSSR count). The number of ether oxygens (including phenoxy) is 1. The molecule has 6 nitrogen and oxygen atoms in total. The van der Waals surface area contributed by atoms with E-state index in [-0.39, 0.29) is 5.43 Å². The molecule has 1 fully saturated rings. The summed E-state index contributed by atoms with van der Waals surface area (Å²) in [6, 6.07) is 12.9. The number of anilines is 3. The summed E-state index contributed by atoms with van der Waals surface area (Å²) >= 11 is 0. The molecule has 34 heavy (non-hydrogen) atoms. The standard InChI is InChI=1S/C28H34N2O4/c1-6-13-30(22-10-8-7-9-20(22)27(32)33-5)23-17-19(2)16-21-24(31)18-25(34-26(21)23)29-14-11-28(3,4)12-15-29/h7-10,16-18H,6,11-15H2,1-5H3. The molecule has 0 amide bonds. The van der Waals surface area contributed by atoms with Crippen LogP contribution in [-0.2, 0) is 4.74 Å². The maximum atomic E-state index is 13.2. The van der Waals surface area contributed by atoms with Gasteiger partial charge >= 0.3 is 5.97 Å². The highest BCUT2D eigenvalue weighted by Crippen LogP contribution is 2.38. The van der Waals surface area contributed by atoms with Crippen molar-refractivity contribution in [1.82, 2.24) is 0 Å². The van der Waals surface area contributed by atoms with E-state index in [9.17, 15) is 9.59 Å². The Hall–Kier alpha value is -3.28. The number of methoxy groups -OCH3 is 1. The summed E-state index contributed by atoms with van der Waals surface area (Å²) in [5.74, 6) is 0.211. The number of aryl methyl sites for hydroxylation is 1. The van der Waals surface area contributed by atoms with Crippen LogP contribution in [0.4, 0.5) is 17.3 Å². The first-order valence-electron chi connectivity index (χ1n) is 12.0. The van der Waals surface area contributed by atoms with Gasteiger partial charge in [-0.1, -0.05) is 32.9 Å². The first kappa shape index (κ1) is 23.9. The first-order valence-corrected chi connectivity index (χ1v) is 12.0. The van der Waals surface area contributed by atoms with Gasteiger partial charge < -0.3 is 19.0 Å². The van der Waals surface area contributed by atoms with Gasteiger partial charge in [-0.05, 0) is 61.4 Å². The molecule has 1 aliphatic heterocycles. The van der Waals surface area contributed by atoms with Crippen molar-refractivity contribution in [2.24, 2.45) is 5.41 Å². The number of carbonyl (C=O) groups excluding carboxylic acids is 1. The molecule has 0 bridgehead atoms. The molecule has 6 heteroatoms. The topological polar surface area (TPSA) is 63.0 Å². The highest BCUT2D eigenvalue weighted by Gasteiger charge is 2.28. The lowest BCUT2D eigenvalue weighted by atomic mass is 9.83. The van der Waals surface area contributed by atoms with Crippen molar-refractivity contribution in [3.63, 3.8) is 0 Å². The largest absolute Gasteiger partial charge is 0.465 e. The fourth-order valence-corrected chi connectivity index (χ4v) is 4.64. The van der Waals surface area contributed by atoms with Crippen molar-refractivity contribution in [3.05, 3.63) is 63.8 Å². The minimum atomic E-state index is -0.397. The molecule has 0 radical (unpaired) electrons. The summed E-state index contributed by atoms with van der Waals surface area (Å²) in [6.45, 7) is 11.0. The van der Waals surface area contributed by atoms with E-state index < -0.39 is 5.97 Å². The van der Waals surface area contributed by atoms with Crippen LogP contribution in [0.2, 0.25) is 0 Å². The number of esters is 1. The molecule has 0 spiro atoms. The number of carbonyl (C=O) groups is 1. The van der Waals surface area contributed by atoms with E-state index in [1.165, 1.54) is 7.11 Å². The number of hydrogen-bond donors (Lipinski definition) is 0. The van der Waals surface area contributed by atoms with Gasteiger partial charge in [0.15, 0.2) is 16.9 Å². The SMILES string of the molecule is CCCN(c1ccccc1C(=O)OC)c1cc(C)cc2c(=O)cc(N3CCC(C)(C)CC3)oc12. The summed E-state index contributed by atoms with van der Waals surface area (Å²) in [5.41, 5.74) is 3.74. The lowest BCUT2D eigenvalue weighted by molar-refractivity contribution is 0.0601. The van der Waals surface area contributed by atoms with Crippen molar-refractivity contribution < 1.29 is 13.9 Å². The summed E-state index contributed by atoms with van der Waals surface area (Å²) in [7, 11) is 1.39. The number of hydrogen-bond acceptors (Lipinski definition) is 6. The molecular weight excluding hydrogens is 428 g/mol. The van der Waals surface area contributed by atoms with Gasteiger partial charge in [-0.15, -0.1) is 0 Å². The zero-order chi connectivity index (χ0) is 24.5. The van der Waals surface area contributed by atoms with E-state index >= 15 is 0 Å². The van der Waals surface area contributed by atoms with Gasteiger partial charge in [-0.2, -0.15) is 0 Å². The van der Waals surface area contributed by atoms with Gasteiger partial charge in [-0.25, -0.2) is 4.79 Å². The third-order valence-electron chi connectivity index (χ3n) is 6.71. The zero-order valence-corrected chi connectivity index (χ0v) is 20.8. The average molecular weight is 463 g/mol. The molecule has 2 aromatic carbocycles. The fourth-order valence-electron chi connectivity index (χ4n) is 4.64. The van der Waals surface area contributed by atoms with E-state index in [0.29, 0.717) is 34.4 Å². The van der Waals surface area contributed by atoms with E-state index in [4.69, 9.17) is 9.15 Å². The molecule has 2 heterocycles. The maximum Gasteiger partial charge on any atom is 0.339 e. The quantitative estimate of drug-likeness (QED) is 0.415. The molecule has 0 N–H and O–H groups in total. The number of piperidine rings is 1. The molecule has 1 aliphatic rings. The van der Waals surface area contributed by atoms with Crippen molar-refractivity contribution >= 4 is 34.2 Å². The Balaban J connectivity index is 1.89. The number of fused-ring (bicyclic) bond motifs is 1. The summed E-state index contributed by atoms with van der Waals surface area (Å²) in [6.07, 6.45) is 2.93. The minimum absolute atomic E-state index is 0.0521. The van der Waals surface area contributed by atoms with Gasteiger partial charge in [-0.3, -0.25) is 4.79 Å². The Morgan fingerprint density at radius 3 is 2.50 bits per heavy atom. The third-order valence-corrected chi connectivity index (χ3v) is 6.71. The van der Waals surface area contributed by atoms with Gasteiger partial charge in [0.2, 0.25) is 0 Å². The van der Waals surface area contributed by atoms with Crippen LogP contribution >= 0.6 is 0 Å². The molecule has 0 aliphatic carbocycles. The maximum absolute atomic E-state index is 13.2. The second-order valence-electron chi connectivity index (χ2n) is 9.92. The van der Waals surface area contributed by atoms with Crippen LogP contribution in [0.15, 0.2) is 51.7 Å². The molecular formula is C28H34N2O4. The van der Waals surface area contributed by atoms with Crippen molar-refractivity contribution in [2.75, 3.05) is 36.5 Å². The van der Waals surface area contributed by atoms with Gasteiger partial charge in [0.05, 0.1) is 29.4 Å². The Bertz CT molecular complexity index is 1250. The molecule has 3 aromatic rings. The lowest BCUT2D eigenvalue weighted by Gasteiger charge is -2.37. The van der Waals surface area contributed by atoms with Crippen LogP contribution in [0.5, 0.6) is 0 Å². The zero-order valence-electron chi connectivity index (χ0n) is 20.8. The number of para-hydroxylation sites is 1. The van der Waals surface area contributed by atoms with Crippen LogP contribution in [-0.4, -0.2) is 32.7 Å². The normalized spacial score (nSPS) is 15.4. The molecule has 0 saturated carbocycles. The monoisotopic (exact) mass is 462 g/mol. The van der Waals surface area contributed by atoms with E-state index in [0.717, 1.165) is 49.3 Å². The van der Waals surface area contributed by atoms with Crippen molar-refractivity contribution in [3.8, 4) is 0 Å². The van der Waals surface area contributed by atoms with Gasteiger partial charge in [0.1, 0.15) is 0 Å². The summed E-state index contributed by atoms with van der Waals surface area (Å²) < 4.78 is 11.5. The Morgan fingerprint density at radius 1 is 1.12 bits per heavy atom. The second-order valence-corrected chi connectivity index (χ2v) is 9.92. The summed E-state index contributed by atoms with van der Waals surface area (Å²) in [4.78, 5) is 30.0. The number of rotatable bonds is 6. The molecule has 0 unspecified atom stereocenters. The fraction of sp³-hybridized carbons (Fsp3) is 0.429. The number of nitrogens with zero attached hydrogens (tertiary/aromatic N) is 2. The minimum Gasteiger partial charge on any atom is -0.465 e. The van der Waals surface area contributed by atoms with E-state index in [1.807, 2.05) is 37.3 Å². The van der Waals surface area contributed by atoms with E-state index in [2.05, 4.69) is 30.6 Å². The highest BCUT2D eigenvalue weighted by molar-refractivity contribution is 5.99. The smallest absolute Gasteiger partial charge is 0.339 e. The third kappa shape index (κ3) is 4.67. The van der Waals surface area contributed by atoms with Crippen LogP contribution < -0.4 is 15.2 Å². The Morgan fingerprint density at radius 2 is 1.82 bits per heavy atom. The van der Waals surface area contributed by atoms with Crippen LogP contribution in [0.3, 0.4) is 0 Å². The Labute approximate surface area is 201 Å².